The van der Waals surface area contributed by atoms with Gasteiger partial charge in [-0.05, 0) is 134 Å². The van der Waals surface area contributed by atoms with Crippen molar-refractivity contribution in [2.75, 3.05) is 0 Å². The third-order valence-corrected chi connectivity index (χ3v) is 8.10. The minimum absolute atomic E-state index is 0.0435. The van der Waals surface area contributed by atoms with E-state index in [1.165, 1.54) is 0 Å². The molecule has 0 aliphatic heterocycles. The largest absolute Gasteiger partial charge is 0.507 e. The van der Waals surface area contributed by atoms with Crippen molar-refractivity contribution < 1.29 is 20.4 Å². The van der Waals surface area contributed by atoms with Crippen LogP contribution in [0.25, 0.3) is 0 Å². The molecule has 0 bridgehead atoms. The number of hydrogen-bond donors (Lipinski definition) is 4. The Morgan fingerprint density at radius 3 is 0.974 bits per heavy atom. The Morgan fingerprint density at radius 2 is 0.667 bits per heavy atom. The molecule has 0 heterocycles. The van der Waals surface area contributed by atoms with E-state index in [4.69, 9.17) is 0 Å². The van der Waals surface area contributed by atoms with Crippen molar-refractivity contribution in [2.45, 2.75) is 73.6 Å². The minimum Gasteiger partial charge on any atom is -0.507 e. The van der Waals surface area contributed by atoms with Crippen LogP contribution in [0, 0.1) is 55.4 Å². The third kappa shape index (κ3) is 5.47. The lowest BCUT2D eigenvalue weighted by Gasteiger charge is -2.31. The normalized spacial score (nSPS) is 12.2. The van der Waals surface area contributed by atoms with Crippen molar-refractivity contribution in [1.82, 2.24) is 0 Å². The summed E-state index contributed by atoms with van der Waals surface area (Å²) in [6, 6.07) is 16.5. The molecule has 0 spiro atoms. The monoisotopic (exact) mass is 524 g/mol. The summed E-state index contributed by atoms with van der Waals surface area (Å²) in [5, 5.41) is 42.3. The summed E-state index contributed by atoms with van der Waals surface area (Å²) >= 11 is 0. The van der Waals surface area contributed by atoms with Crippen molar-refractivity contribution in [2.24, 2.45) is 0 Å². The van der Waals surface area contributed by atoms with Crippen LogP contribution in [0.4, 0.5) is 0 Å². The van der Waals surface area contributed by atoms with E-state index in [2.05, 4.69) is 36.4 Å². The van der Waals surface area contributed by atoms with E-state index in [1.54, 1.807) is 0 Å². The maximum atomic E-state index is 10.6. The smallest absolute Gasteiger partial charge is 0.121 e. The van der Waals surface area contributed by atoms with Gasteiger partial charge in [-0.15, -0.1) is 0 Å². The second-order valence-corrected chi connectivity index (χ2v) is 11.4. The second kappa shape index (κ2) is 10.7. The van der Waals surface area contributed by atoms with Crippen molar-refractivity contribution >= 4 is 0 Å². The van der Waals surface area contributed by atoms with Gasteiger partial charge in [0, 0.05) is 5.92 Å². The highest BCUT2D eigenvalue weighted by molar-refractivity contribution is 5.53. The quantitative estimate of drug-likeness (QED) is 0.205. The first-order chi connectivity index (χ1) is 18.3. The molecule has 4 heteroatoms. The molecule has 0 saturated carbocycles. The van der Waals surface area contributed by atoms with Crippen LogP contribution in [0.5, 0.6) is 23.0 Å². The van der Waals surface area contributed by atoms with Gasteiger partial charge in [0.1, 0.15) is 23.0 Å². The van der Waals surface area contributed by atoms with Gasteiger partial charge in [-0.3, -0.25) is 0 Å². The van der Waals surface area contributed by atoms with Crippen LogP contribution in [0.3, 0.4) is 0 Å². The van der Waals surface area contributed by atoms with E-state index in [-0.39, 0.29) is 11.8 Å². The average Bonchev–Trinajstić information content (AvgIpc) is 2.86. The van der Waals surface area contributed by atoms with Crippen LogP contribution >= 0.6 is 0 Å². The fourth-order valence-corrected chi connectivity index (χ4v) is 6.04. The molecule has 39 heavy (non-hydrogen) atoms. The molecule has 0 aliphatic rings. The van der Waals surface area contributed by atoms with E-state index in [0.717, 1.165) is 66.8 Å². The lowest BCUT2D eigenvalue weighted by Crippen LogP contribution is -2.17. The fourth-order valence-electron chi connectivity index (χ4n) is 6.04. The summed E-state index contributed by atoms with van der Waals surface area (Å²) in [7, 11) is 0. The third-order valence-electron chi connectivity index (χ3n) is 8.10. The minimum atomic E-state index is -0.112. The summed E-state index contributed by atoms with van der Waals surface area (Å²) in [4.78, 5) is 0. The summed E-state index contributed by atoms with van der Waals surface area (Å²) in [5.41, 5.74) is 10.9. The van der Waals surface area contributed by atoms with Gasteiger partial charge in [0.2, 0.25) is 0 Å². The van der Waals surface area contributed by atoms with E-state index in [1.807, 2.05) is 67.5 Å². The molecular formula is C35H40O4. The standard InChI is InChI=1S/C35H40O4/c1-18-9-26(10-19(2)32(18)36)17-30(27-11-20(3)33(37)21(4)12-27)31(28-13-22(5)34(38)23(6)14-28)29-15-24(7)35(39)25(8)16-29/h9-16,30-31,36-39H,17H2,1-8H3. The molecule has 0 aromatic heterocycles. The summed E-state index contributed by atoms with van der Waals surface area (Å²) in [6.07, 6.45) is 0.689. The lowest BCUT2D eigenvalue weighted by atomic mass is 9.72. The first-order valence-electron chi connectivity index (χ1n) is 13.5. The van der Waals surface area contributed by atoms with Gasteiger partial charge in [0.15, 0.2) is 0 Å². The Morgan fingerprint density at radius 1 is 0.410 bits per heavy atom. The highest BCUT2D eigenvalue weighted by Crippen LogP contribution is 2.45. The topological polar surface area (TPSA) is 80.9 Å². The zero-order valence-electron chi connectivity index (χ0n) is 24.3. The Hall–Kier alpha value is -3.92. The Balaban J connectivity index is 2.04. The lowest BCUT2D eigenvalue weighted by molar-refractivity contribution is 0.463. The van der Waals surface area contributed by atoms with Crippen molar-refractivity contribution in [3.63, 3.8) is 0 Å². The number of rotatable bonds is 6. The van der Waals surface area contributed by atoms with Crippen molar-refractivity contribution in [3.05, 3.63) is 115 Å². The van der Waals surface area contributed by atoms with Crippen LogP contribution in [0.2, 0.25) is 0 Å². The van der Waals surface area contributed by atoms with Gasteiger partial charge >= 0.3 is 0 Å². The van der Waals surface area contributed by atoms with Gasteiger partial charge in [0.05, 0.1) is 0 Å². The van der Waals surface area contributed by atoms with Crippen molar-refractivity contribution in [3.8, 4) is 23.0 Å². The highest BCUT2D eigenvalue weighted by atomic mass is 16.3. The Labute approximate surface area is 232 Å². The summed E-state index contributed by atoms with van der Waals surface area (Å²) < 4.78 is 0. The highest BCUT2D eigenvalue weighted by Gasteiger charge is 2.30. The molecule has 4 aromatic rings. The molecule has 204 valence electrons. The molecule has 1 atom stereocenters. The molecule has 4 nitrogen and oxygen atoms in total. The number of hydrogen-bond acceptors (Lipinski definition) is 4. The van der Waals surface area contributed by atoms with Crippen LogP contribution < -0.4 is 0 Å². The molecule has 0 aliphatic carbocycles. The number of phenolic OH excluding ortho intramolecular Hbond substituents is 4. The second-order valence-electron chi connectivity index (χ2n) is 11.4. The predicted octanol–water partition coefficient (Wildman–Crippen LogP) is 8.13. The van der Waals surface area contributed by atoms with Gasteiger partial charge in [-0.1, -0.05) is 48.5 Å². The number of phenols is 4. The van der Waals surface area contributed by atoms with Gasteiger partial charge in [-0.25, -0.2) is 0 Å². The molecule has 0 fully saturated rings. The zero-order chi connectivity index (χ0) is 28.8. The van der Waals surface area contributed by atoms with Crippen LogP contribution in [-0.4, -0.2) is 20.4 Å². The average molecular weight is 525 g/mol. The SMILES string of the molecule is Cc1cc(CC(c2cc(C)c(O)c(C)c2)C(c2cc(C)c(O)c(C)c2)c2cc(C)c(O)c(C)c2)cc(C)c1O. The predicted molar refractivity (Wildman–Crippen MR) is 159 cm³/mol. The van der Waals surface area contributed by atoms with Gasteiger partial charge in [-0.2, -0.15) is 0 Å². The van der Waals surface area contributed by atoms with Crippen LogP contribution in [0.1, 0.15) is 78.6 Å². The van der Waals surface area contributed by atoms with E-state index in [9.17, 15) is 20.4 Å². The maximum absolute atomic E-state index is 10.6. The molecular weight excluding hydrogens is 484 g/mol. The molecule has 4 rings (SSSR count). The Bertz CT molecular complexity index is 1410. The number of aromatic hydroxyl groups is 4. The fraction of sp³-hybridized carbons (Fsp3) is 0.314. The van der Waals surface area contributed by atoms with Crippen molar-refractivity contribution in [1.29, 1.82) is 0 Å². The molecule has 0 saturated heterocycles. The maximum Gasteiger partial charge on any atom is 0.121 e. The van der Waals surface area contributed by atoms with Gasteiger partial charge in [0.25, 0.3) is 0 Å². The van der Waals surface area contributed by atoms with E-state index < -0.39 is 0 Å². The number of aryl methyl sites for hydroxylation is 8. The molecule has 4 N–H and O–H groups in total. The van der Waals surface area contributed by atoms with Crippen LogP contribution in [-0.2, 0) is 6.42 Å². The molecule has 0 radical (unpaired) electrons. The molecule has 1 unspecified atom stereocenters. The Kier molecular flexibility index (Phi) is 7.70. The van der Waals surface area contributed by atoms with E-state index >= 15 is 0 Å². The zero-order valence-corrected chi connectivity index (χ0v) is 24.3. The first kappa shape index (κ1) is 28.1. The van der Waals surface area contributed by atoms with Crippen LogP contribution in [0.15, 0.2) is 48.5 Å². The summed E-state index contributed by atoms with van der Waals surface area (Å²) in [6.45, 7) is 15.4. The van der Waals surface area contributed by atoms with E-state index in [0.29, 0.717) is 29.4 Å². The molecule has 4 aromatic carbocycles. The number of benzene rings is 4. The summed E-state index contributed by atoms with van der Waals surface area (Å²) in [5.74, 6) is 1.06. The van der Waals surface area contributed by atoms with Gasteiger partial charge < -0.3 is 20.4 Å². The first-order valence-corrected chi connectivity index (χ1v) is 13.5. The molecule has 0 amide bonds.